The van der Waals surface area contributed by atoms with Crippen molar-refractivity contribution in [1.82, 2.24) is 4.90 Å². The molecule has 0 saturated carbocycles. The Morgan fingerprint density at radius 3 is 2.50 bits per heavy atom. The third-order valence-corrected chi connectivity index (χ3v) is 6.36. The van der Waals surface area contributed by atoms with E-state index in [0.29, 0.717) is 24.5 Å². The van der Waals surface area contributed by atoms with Gasteiger partial charge < -0.3 is 19.9 Å². The maximum Gasteiger partial charge on any atom is 0.323 e. The van der Waals surface area contributed by atoms with Crippen molar-refractivity contribution >= 4 is 5.97 Å². The molecule has 3 unspecified atom stereocenters. The van der Waals surface area contributed by atoms with Crippen molar-refractivity contribution in [2.45, 2.75) is 65.1 Å². The van der Waals surface area contributed by atoms with Gasteiger partial charge >= 0.3 is 5.97 Å². The van der Waals surface area contributed by atoms with Crippen molar-refractivity contribution < 1.29 is 21.7 Å². The van der Waals surface area contributed by atoms with Crippen LogP contribution in [0.25, 0.3) is 0 Å². The number of fused-ring (bicyclic) bond motifs is 3. The van der Waals surface area contributed by atoms with E-state index in [1.54, 1.807) is 0 Å². The number of rotatable bonds is 7. The number of carbonyl (C=O) groups is 1. The van der Waals surface area contributed by atoms with Crippen LogP contribution in [-0.2, 0) is 16.0 Å². The molecule has 4 atom stereocenters. The molecule has 6 nitrogen and oxygen atoms in total. The zero-order valence-electron chi connectivity index (χ0n) is 21.2. The highest BCUT2D eigenvalue weighted by atomic mass is 16.5. The van der Waals surface area contributed by atoms with Crippen molar-refractivity contribution in [3.05, 3.63) is 23.2 Å². The molecule has 1 saturated heterocycles. The fourth-order valence-corrected chi connectivity index (χ4v) is 4.67. The van der Waals surface area contributed by atoms with Gasteiger partial charge in [-0.1, -0.05) is 27.7 Å². The first kappa shape index (κ1) is 20.1. The lowest BCUT2D eigenvalue weighted by Gasteiger charge is -2.47. The lowest BCUT2D eigenvalue weighted by atomic mass is 9.79. The molecule has 0 spiro atoms. The first-order valence-electron chi connectivity index (χ1n) is 12.0. The number of benzene rings is 1. The zero-order valence-corrected chi connectivity index (χ0v) is 19.2. The van der Waals surface area contributed by atoms with Gasteiger partial charge in [0, 0.05) is 31.5 Å². The summed E-state index contributed by atoms with van der Waals surface area (Å²) in [6.07, 6.45) is 1.95. The lowest BCUT2D eigenvalue weighted by molar-refractivity contribution is -0.160. The van der Waals surface area contributed by atoms with E-state index in [1.807, 2.05) is 13.8 Å². The van der Waals surface area contributed by atoms with Gasteiger partial charge in [-0.3, -0.25) is 9.69 Å². The number of carbonyl (C=O) groups excluding carboxylic acids is 1. The van der Waals surface area contributed by atoms with Gasteiger partial charge in [-0.2, -0.15) is 0 Å². The van der Waals surface area contributed by atoms with Crippen LogP contribution in [0.1, 0.15) is 60.4 Å². The summed E-state index contributed by atoms with van der Waals surface area (Å²) in [5.41, 5.74) is 7.71. The molecule has 168 valence electrons. The van der Waals surface area contributed by atoms with Crippen molar-refractivity contribution in [3.8, 4) is 11.5 Å². The summed E-state index contributed by atoms with van der Waals surface area (Å²) >= 11 is 0. The second-order valence-electron chi connectivity index (χ2n) is 9.34. The number of methoxy groups -OCH3 is 2. The standard InChI is InChI=1S/C24H38N2O4/c1-14(2)9-17-13-26-8-7-16-10-21(28-5)22(29-6)11-18(16)19(26)12-20(17)30-24(27)23(25)15(3)4/h10-11,14-15,17,19-20,23H,7-9,12-13,25H2,1-6H3/t17?,19?,20?,23-/m0/s1/i10D,11D. The highest BCUT2D eigenvalue weighted by Gasteiger charge is 2.41. The topological polar surface area (TPSA) is 74.0 Å². The van der Waals surface area contributed by atoms with E-state index >= 15 is 0 Å². The van der Waals surface area contributed by atoms with E-state index in [4.69, 9.17) is 22.7 Å². The fourth-order valence-electron chi connectivity index (χ4n) is 4.67. The van der Waals surface area contributed by atoms with Gasteiger partial charge in [-0.05, 0) is 47.9 Å². The van der Waals surface area contributed by atoms with Crippen LogP contribution in [0.15, 0.2) is 12.1 Å². The van der Waals surface area contributed by atoms with Gasteiger partial charge in [-0.15, -0.1) is 0 Å². The monoisotopic (exact) mass is 420 g/mol. The second-order valence-corrected chi connectivity index (χ2v) is 9.34. The summed E-state index contributed by atoms with van der Waals surface area (Å²) < 4.78 is 34.4. The van der Waals surface area contributed by atoms with E-state index in [0.717, 1.165) is 30.6 Å². The Balaban J connectivity index is 1.99. The maximum absolute atomic E-state index is 12.7. The SMILES string of the molecule is [2H]c1c2c(c([2H])c(OC)c1OC)C1CC(OC(=O)[C@@H](N)C(C)C)C(CC(C)C)CN1CC2. The Bertz CT molecular complexity index is 846. The lowest BCUT2D eigenvalue weighted by Crippen LogP contribution is -2.51. The van der Waals surface area contributed by atoms with Crippen LogP contribution in [0.4, 0.5) is 0 Å². The van der Waals surface area contributed by atoms with Crippen LogP contribution in [0.5, 0.6) is 11.5 Å². The molecule has 30 heavy (non-hydrogen) atoms. The quantitative estimate of drug-likeness (QED) is 0.680. The molecule has 0 aromatic heterocycles. The molecule has 2 aliphatic rings. The van der Waals surface area contributed by atoms with Crippen molar-refractivity contribution in [3.63, 3.8) is 0 Å². The second kappa shape index (κ2) is 9.56. The average molecular weight is 421 g/mol. The first-order chi connectivity index (χ1) is 15.1. The number of nitrogens with two attached hydrogens (primary N) is 1. The molecule has 1 fully saturated rings. The Labute approximate surface area is 183 Å². The molecular weight excluding hydrogens is 380 g/mol. The molecule has 1 aromatic carbocycles. The third kappa shape index (κ3) is 4.75. The summed E-state index contributed by atoms with van der Waals surface area (Å²) in [7, 11) is 3.00. The third-order valence-electron chi connectivity index (χ3n) is 6.36. The van der Waals surface area contributed by atoms with E-state index in [-0.39, 0.29) is 47.8 Å². The number of nitrogens with zero attached hydrogens (tertiary/aromatic N) is 1. The van der Waals surface area contributed by atoms with Gasteiger partial charge in [0.2, 0.25) is 0 Å². The smallest absolute Gasteiger partial charge is 0.323 e. The van der Waals surface area contributed by atoms with Crippen molar-refractivity contribution in [1.29, 1.82) is 0 Å². The largest absolute Gasteiger partial charge is 0.493 e. The van der Waals surface area contributed by atoms with Crippen molar-refractivity contribution in [2.75, 3.05) is 27.3 Å². The Morgan fingerprint density at radius 2 is 1.90 bits per heavy atom. The van der Waals surface area contributed by atoms with Crippen LogP contribution in [0, 0.1) is 17.8 Å². The van der Waals surface area contributed by atoms with Gasteiger partial charge in [0.15, 0.2) is 11.5 Å². The zero-order chi connectivity index (χ0) is 23.7. The van der Waals surface area contributed by atoms with Gasteiger partial charge in [0.1, 0.15) is 12.1 Å². The van der Waals surface area contributed by atoms with Crippen LogP contribution >= 0.6 is 0 Å². The molecule has 0 aliphatic carbocycles. The molecule has 2 aliphatic heterocycles. The van der Waals surface area contributed by atoms with Crippen LogP contribution in [-0.4, -0.2) is 50.3 Å². The predicted octanol–water partition coefficient (Wildman–Crippen LogP) is 3.56. The van der Waals surface area contributed by atoms with E-state index in [2.05, 4.69) is 18.7 Å². The summed E-state index contributed by atoms with van der Waals surface area (Å²) in [4.78, 5) is 15.1. The van der Waals surface area contributed by atoms with Gasteiger partial charge in [-0.25, -0.2) is 0 Å². The van der Waals surface area contributed by atoms with Crippen LogP contribution in [0.3, 0.4) is 0 Å². The number of hydrogen-bond donors (Lipinski definition) is 1. The minimum absolute atomic E-state index is 0.00369. The number of esters is 1. The Kier molecular flexibility index (Phi) is 6.42. The number of hydrogen-bond acceptors (Lipinski definition) is 6. The molecule has 6 heteroatoms. The molecule has 3 rings (SSSR count). The first-order valence-corrected chi connectivity index (χ1v) is 11.0. The molecule has 0 amide bonds. The minimum atomic E-state index is -0.651. The summed E-state index contributed by atoms with van der Waals surface area (Å²) in [6.45, 7) is 9.79. The average Bonchev–Trinajstić information content (AvgIpc) is 2.74. The van der Waals surface area contributed by atoms with Gasteiger partial charge in [0.05, 0.1) is 17.0 Å². The number of piperidine rings is 1. The van der Waals surface area contributed by atoms with Crippen LogP contribution in [0.2, 0.25) is 0 Å². The molecule has 2 heterocycles. The highest BCUT2D eigenvalue weighted by Crippen LogP contribution is 2.44. The fraction of sp³-hybridized carbons (Fsp3) is 0.708. The summed E-state index contributed by atoms with van der Waals surface area (Å²) in [5.74, 6) is 0.930. The molecular formula is C24H38N2O4. The minimum Gasteiger partial charge on any atom is -0.493 e. The molecule has 0 bridgehead atoms. The predicted molar refractivity (Wildman–Crippen MR) is 118 cm³/mol. The van der Waals surface area contributed by atoms with E-state index < -0.39 is 6.04 Å². The molecule has 2 N–H and O–H groups in total. The summed E-state index contributed by atoms with van der Waals surface area (Å²) in [6, 6.07) is -0.208. The van der Waals surface area contributed by atoms with Gasteiger partial charge in [0.25, 0.3) is 0 Å². The maximum atomic E-state index is 12.7. The molecule has 1 aromatic rings. The van der Waals surface area contributed by atoms with E-state index in [1.165, 1.54) is 14.2 Å². The summed E-state index contributed by atoms with van der Waals surface area (Å²) in [5, 5.41) is 0. The normalized spacial score (nSPS) is 25.8. The number of ether oxygens (including phenoxy) is 3. The van der Waals surface area contributed by atoms with Crippen LogP contribution < -0.4 is 15.2 Å². The van der Waals surface area contributed by atoms with E-state index in [9.17, 15) is 4.79 Å². The highest BCUT2D eigenvalue weighted by molar-refractivity contribution is 5.76. The molecule has 0 radical (unpaired) electrons. The van der Waals surface area contributed by atoms with Crippen molar-refractivity contribution in [2.24, 2.45) is 23.5 Å². The Morgan fingerprint density at radius 1 is 1.23 bits per heavy atom. The Hall–Kier alpha value is -1.79.